The third kappa shape index (κ3) is 4.58. The summed E-state index contributed by atoms with van der Waals surface area (Å²) in [4.78, 5) is 12.3. The maximum Gasteiger partial charge on any atom is 0.251 e. The van der Waals surface area contributed by atoms with Crippen molar-refractivity contribution in [3.05, 3.63) is 35.6 Å². The number of halogens is 1. The van der Waals surface area contributed by atoms with E-state index in [1.807, 2.05) is 13.8 Å². The highest BCUT2D eigenvalue weighted by molar-refractivity contribution is 5.94. The summed E-state index contributed by atoms with van der Waals surface area (Å²) < 4.78 is 12.9. The average Bonchev–Trinajstić information content (AvgIpc) is 2.54. The van der Waals surface area contributed by atoms with Gasteiger partial charge in [-0.2, -0.15) is 0 Å². The van der Waals surface area contributed by atoms with Gasteiger partial charge in [0.25, 0.3) is 5.91 Å². The second-order valence-electron chi connectivity index (χ2n) is 7.85. The topological polar surface area (TPSA) is 29.1 Å². The van der Waals surface area contributed by atoms with Crippen molar-refractivity contribution in [2.24, 2.45) is 23.2 Å². The molecule has 0 heterocycles. The highest BCUT2D eigenvalue weighted by Gasteiger charge is 2.44. The van der Waals surface area contributed by atoms with Crippen molar-refractivity contribution >= 4 is 5.91 Å². The van der Waals surface area contributed by atoms with Gasteiger partial charge in [-0.1, -0.05) is 27.7 Å². The average molecular weight is 333 g/mol. The van der Waals surface area contributed by atoms with Crippen LogP contribution in [0, 0.1) is 29.0 Å². The van der Waals surface area contributed by atoms with Crippen LogP contribution in [-0.4, -0.2) is 12.5 Å². The van der Waals surface area contributed by atoms with Gasteiger partial charge in [0, 0.05) is 12.1 Å². The predicted octanol–water partition coefficient (Wildman–Crippen LogP) is 5.43. The van der Waals surface area contributed by atoms with Crippen LogP contribution < -0.4 is 5.32 Å². The summed E-state index contributed by atoms with van der Waals surface area (Å²) in [6.07, 6.45) is 6.39. The first-order valence-corrected chi connectivity index (χ1v) is 9.49. The van der Waals surface area contributed by atoms with Gasteiger partial charge in [-0.3, -0.25) is 4.79 Å². The van der Waals surface area contributed by atoms with E-state index >= 15 is 0 Å². The first-order valence-electron chi connectivity index (χ1n) is 9.49. The first kappa shape index (κ1) is 19.0. The summed E-state index contributed by atoms with van der Waals surface area (Å²) in [6, 6.07) is 5.79. The molecule has 2 unspecified atom stereocenters. The molecule has 2 atom stereocenters. The summed E-state index contributed by atoms with van der Waals surface area (Å²) in [6.45, 7) is 9.45. The van der Waals surface area contributed by atoms with Crippen LogP contribution in [0.1, 0.15) is 70.2 Å². The van der Waals surface area contributed by atoms with Gasteiger partial charge >= 0.3 is 0 Å². The molecule has 0 saturated heterocycles. The number of carbonyl (C=O) groups is 1. The van der Waals surface area contributed by atoms with Gasteiger partial charge < -0.3 is 5.32 Å². The molecule has 24 heavy (non-hydrogen) atoms. The second-order valence-corrected chi connectivity index (χ2v) is 7.85. The van der Waals surface area contributed by atoms with Gasteiger partial charge in [0.1, 0.15) is 5.82 Å². The Morgan fingerprint density at radius 1 is 1.08 bits per heavy atom. The fourth-order valence-electron chi connectivity index (χ4n) is 5.10. The Bertz CT molecular complexity index is 520. The van der Waals surface area contributed by atoms with Crippen LogP contribution in [0.3, 0.4) is 0 Å². The lowest BCUT2D eigenvalue weighted by molar-refractivity contribution is 0.0184. The summed E-state index contributed by atoms with van der Waals surface area (Å²) in [7, 11) is 0. The van der Waals surface area contributed by atoms with Crippen molar-refractivity contribution in [2.75, 3.05) is 6.54 Å². The molecular formula is C21H32FNO. The molecule has 1 N–H and O–H groups in total. The molecular weight excluding hydrogens is 301 g/mol. The quantitative estimate of drug-likeness (QED) is 0.784. The van der Waals surface area contributed by atoms with E-state index in [0.29, 0.717) is 5.56 Å². The van der Waals surface area contributed by atoms with Crippen molar-refractivity contribution in [3.63, 3.8) is 0 Å². The zero-order valence-corrected chi connectivity index (χ0v) is 15.6. The zero-order valence-electron chi connectivity index (χ0n) is 15.6. The molecule has 0 radical (unpaired) electrons. The molecule has 3 rings (SSSR count). The number of nitrogens with one attached hydrogen (secondary N) is 1. The third-order valence-electron chi connectivity index (χ3n) is 5.49. The van der Waals surface area contributed by atoms with Crippen LogP contribution in [0.15, 0.2) is 24.3 Å². The van der Waals surface area contributed by atoms with E-state index in [0.717, 1.165) is 24.3 Å². The fraction of sp³-hybridized carbons (Fsp3) is 0.667. The lowest BCUT2D eigenvalue weighted by Crippen LogP contribution is -2.46. The Morgan fingerprint density at radius 3 is 2.17 bits per heavy atom. The highest BCUT2D eigenvalue weighted by atomic mass is 19.1. The maximum atomic E-state index is 12.9. The summed E-state index contributed by atoms with van der Waals surface area (Å²) in [5, 5.41) is 3.11. The van der Waals surface area contributed by atoms with Gasteiger partial charge in [0.05, 0.1) is 0 Å². The largest absolute Gasteiger partial charge is 0.351 e. The number of fused-ring (bicyclic) bond motifs is 2. The minimum Gasteiger partial charge on any atom is -0.351 e. The zero-order chi connectivity index (χ0) is 17.7. The molecule has 134 valence electrons. The second kappa shape index (κ2) is 8.13. The van der Waals surface area contributed by atoms with Crippen LogP contribution >= 0.6 is 0 Å². The van der Waals surface area contributed by atoms with Crippen LogP contribution in [0.25, 0.3) is 0 Å². The van der Waals surface area contributed by atoms with E-state index in [4.69, 9.17) is 0 Å². The number of hydrogen-bond donors (Lipinski definition) is 1. The molecule has 0 spiro atoms. The number of hydrogen-bond acceptors (Lipinski definition) is 1. The number of amides is 1. The van der Waals surface area contributed by atoms with Crippen molar-refractivity contribution in [3.8, 4) is 0 Å². The number of carbonyl (C=O) groups excluding carboxylic acids is 1. The molecule has 2 fully saturated rings. The fourth-order valence-corrected chi connectivity index (χ4v) is 5.10. The minimum atomic E-state index is -0.305. The van der Waals surface area contributed by atoms with E-state index in [9.17, 15) is 9.18 Å². The van der Waals surface area contributed by atoms with E-state index in [2.05, 4.69) is 19.2 Å². The van der Waals surface area contributed by atoms with E-state index in [1.54, 1.807) is 12.1 Å². The number of rotatable bonds is 3. The van der Waals surface area contributed by atoms with Crippen LogP contribution in [0.5, 0.6) is 0 Å². The SMILES string of the molecule is CC.CC1CC2CC(C)CC(CNC(=O)c3ccc(F)cc3)(C1)C2. The molecule has 0 aliphatic heterocycles. The third-order valence-corrected chi connectivity index (χ3v) is 5.49. The Hall–Kier alpha value is -1.38. The van der Waals surface area contributed by atoms with Gasteiger partial charge in [0.2, 0.25) is 0 Å². The van der Waals surface area contributed by atoms with Gasteiger partial charge in [-0.15, -0.1) is 0 Å². The van der Waals surface area contributed by atoms with Crippen LogP contribution in [-0.2, 0) is 0 Å². The Morgan fingerprint density at radius 2 is 1.62 bits per heavy atom. The number of benzene rings is 1. The lowest BCUT2D eigenvalue weighted by atomic mass is 9.57. The van der Waals surface area contributed by atoms with Gasteiger partial charge in [0.15, 0.2) is 0 Å². The normalized spacial score (nSPS) is 31.6. The minimum absolute atomic E-state index is 0.0811. The molecule has 1 aromatic carbocycles. The molecule has 0 aromatic heterocycles. The molecule has 2 nitrogen and oxygen atoms in total. The molecule has 3 heteroatoms. The van der Waals surface area contributed by atoms with Crippen molar-refractivity contribution in [1.82, 2.24) is 5.32 Å². The smallest absolute Gasteiger partial charge is 0.251 e. The van der Waals surface area contributed by atoms with Crippen molar-refractivity contribution < 1.29 is 9.18 Å². The standard InChI is InChI=1S/C19H26FNO.C2H6/c1-13-7-15-8-14(2)10-19(9-13,11-15)12-21-18(22)16-3-5-17(20)6-4-16;1-2/h3-6,13-15H,7-12H2,1-2H3,(H,21,22);1-2H3. The van der Waals surface area contributed by atoms with E-state index in [1.165, 1.54) is 44.2 Å². The summed E-state index contributed by atoms with van der Waals surface area (Å²) in [5.74, 6) is 1.96. The first-order chi connectivity index (χ1) is 11.5. The van der Waals surface area contributed by atoms with Crippen LogP contribution in [0.4, 0.5) is 4.39 Å². The monoisotopic (exact) mass is 333 g/mol. The lowest BCUT2D eigenvalue weighted by Gasteiger charge is -2.50. The molecule has 1 amide bonds. The molecule has 2 bridgehead atoms. The van der Waals surface area contributed by atoms with E-state index < -0.39 is 0 Å². The van der Waals surface area contributed by atoms with Crippen molar-refractivity contribution in [1.29, 1.82) is 0 Å². The van der Waals surface area contributed by atoms with Gasteiger partial charge in [-0.25, -0.2) is 4.39 Å². The van der Waals surface area contributed by atoms with Crippen LogP contribution in [0.2, 0.25) is 0 Å². The molecule has 2 saturated carbocycles. The Balaban J connectivity index is 0.00000100. The predicted molar refractivity (Wildman–Crippen MR) is 97.4 cm³/mol. The Labute approximate surface area is 146 Å². The summed E-state index contributed by atoms with van der Waals surface area (Å²) in [5.41, 5.74) is 0.817. The maximum absolute atomic E-state index is 12.9. The van der Waals surface area contributed by atoms with Crippen molar-refractivity contribution in [2.45, 2.75) is 59.8 Å². The molecule has 2 aliphatic rings. The Kier molecular flexibility index (Phi) is 6.42. The van der Waals surface area contributed by atoms with E-state index in [-0.39, 0.29) is 17.1 Å². The van der Waals surface area contributed by atoms with Gasteiger partial charge in [-0.05, 0) is 79.5 Å². The molecule has 1 aromatic rings. The molecule has 2 aliphatic carbocycles. The summed E-state index contributed by atoms with van der Waals surface area (Å²) >= 11 is 0. The highest BCUT2D eigenvalue weighted by Crippen LogP contribution is 2.52.